The highest BCUT2D eigenvalue weighted by atomic mass is 79.9. The molecule has 0 spiro atoms. The summed E-state index contributed by atoms with van der Waals surface area (Å²) in [5, 5.41) is 4.22. The Morgan fingerprint density at radius 3 is 1.32 bits per heavy atom. The predicted molar refractivity (Wildman–Crippen MR) is 260 cm³/mol. The first-order chi connectivity index (χ1) is 28.7. The summed E-state index contributed by atoms with van der Waals surface area (Å²) in [4.78, 5) is 68.5. The fraction of sp³-hybridized carbons (Fsp3) is 0.875. The molecule has 14 heteroatoms. The number of nitrogens with zero attached hydrogens (tertiary/aromatic N) is 3. The lowest BCUT2D eigenvalue weighted by Gasteiger charge is -2.40. The summed E-state index contributed by atoms with van der Waals surface area (Å²) >= 11 is 3.23. The smallest absolute Gasteiger partial charge is 0.316 e. The number of esters is 1. The monoisotopic (exact) mass is 1070 g/mol. The third kappa shape index (κ3) is 39.5. The molecule has 5 aliphatic rings. The number of alkyl halides is 1. The van der Waals surface area contributed by atoms with Crippen LogP contribution in [0, 0.1) is 5.92 Å². The van der Waals surface area contributed by atoms with Crippen LogP contribution in [0.5, 0.6) is 0 Å². The Bertz CT molecular complexity index is 1110. The maximum Gasteiger partial charge on any atom is 0.316 e. The van der Waals surface area contributed by atoms with Crippen LogP contribution in [0.2, 0.25) is 0 Å². The number of ether oxygens (including phenoxy) is 1. The lowest BCUT2D eigenvalue weighted by atomic mass is 10.1. The van der Waals surface area contributed by atoms with Crippen molar-refractivity contribution in [2.75, 3.05) is 90.5 Å². The van der Waals surface area contributed by atoms with Gasteiger partial charge in [-0.25, -0.2) is 0 Å². The van der Waals surface area contributed by atoms with Crippen molar-refractivity contribution in [3.05, 3.63) is 0 Å². The summed E-state index contributed by atoms with van der Waals surface area (Å²) in [6.07, 6.45) is 24.3. The molecule has 0 amide bonds. The van der Waals surface area contributed by atoms with Crippen LogP contribution in [0.1, 0.15) is 176 Å². The van der Waals surface area contributed by atoms with E-state index in [1.807, 2.05) is 0 Å². The summed E-state index contributed by atoms with van der Waals surface area (Å²) in [6.45, 7) is 25.7. The van der Waals surface area contributed by atoms with E-state index in [4.69, 9.17) is 0 Å². The number of cyclic esters (lactones) is 1. The molecular formula is C48H91Br3N4O7. The second-order valence-electron chi connectivity index (χ2n) is 17.5. The van der Waals surface area contributed by atoms with Gasteiger partial charge in [-0.3, -0.25) is 9.59 Å². The molecule has 0 aromatic rings. The summed E-state index contributed by atoms with van der Waals surface area (Å²) in [7, 11) is 0. The van der Waals surface area contributed by atoms with Crippen molar-refractivity contribution >= 4 is 67.8 Å². The van der Waals surface area contributed by atoms with Crippen LogP contribution in [0.15, 0.2) is 0 Å². The van der Waals surface area contributed by atoms with Crippen molar-refractivity contribution in [1.29, 1.82) is 0 Å². The number of ketones is 5. The number of likely N-dealkylation sites (tertiary alicyclic amines) is 3. The number of Topliss-reactive ketones (excluding diaryl/α,β-unsaturated/α-hetero) is 5. The molecule has 0 saturated carbocycles. The summed E-state index contributed by atoms with van der Waals surface area (Å²) in [5.74, 6) is 0.361. The van der Waals surface area contributed by atoms with Crippen LogP contribution < -0.4 is 22.3 Å². The third-order valence-corrected chi connectivity index (χ3v) is 12.4. The molecule has 0 bridgehead atoms. The van der Waals surface area contributed by atoms with Crippen molar-refractivity contribution < 1.29 is 55.0 Å². The van der Waals surface area contributed by atoms with E-state index in [1.54, 1.807) is 27.7 Å². The first-order valence-electron chi connectivity index (χ1n) is 24.0. The van der Waals surface area contributed by atoms with Crippen molar-refractivity contribution in [1.82, 2.24) is 15.1 Å². The van der Waals surface area contributed by atoms with E-state index in [1.165, 1.54) is 154 Å². The van der Waals surface area contributed by atoms with Crippen LogP contribution >= 0.6 is 32.9 Å². The Morgan fingerprint density at radius 1 is 0.629 bits per heavy atom. The first kappa shape index (κ1) is 65.4. The zero-order valence-electron chi connectivity index (χ0n) is 40.2. The first-order valence-corrected chi connectivity index (χ1v) is 25.1. The van der Waals surface area contributed by atoms with Crippen molar-refractivity contribution in [2.45, 2.75) is 176 Å². The van der Waals surface area contributed by atoms with Gasteiger partial charge >= 0.3 is 5.97 Å². The molecule has 5 rings (SSSR count). The number of halogens is 3. The number of hydrogen-bond donors (Lipinski definition) is 1. The van der Waals surface area contributed by atoms with Gasteiger partial charge in [0.1, 0.15) is 34.8 Å². The van der Waals surface area contributed by atoms with Crippen LogP contribution in [-0.4, -0.2) is 140 Å². The van der Waals surface area contributed by atoms with Crippen molar-refractivity contribution in [3.63, 3.8) is 0 Å². The van der Waals surface area contributed by atoms with E-state index in [9.17, 15) is 28.8 Å². The molecule has 5 fully saturated rings. The number of piperidine rings is 4. The fourth-order valence-corrected chi connectivity index (χ4v) is 8.28. The minimum atomic E-state index is -0.468. The third-order valence-electron chi connectivity index (χ3n) is 11.8. The average Bonchev–Trinajstić information content (AvgIpc) is 3.69. The number of carbonyl (C=O) groups excluding carboxylic acids is 6. The molecule has 0 aliphatic carbocycles. The molecule has 1 unspecified atom stereocenters. The Morgan fingerprint density at radius 2 is 1.03 bits per heavy atom. The van der Waals surface area contributed by atoms with E-state index in [0.717, 1.165) is 63.4 Å². The Hall–Kier alpha value is -0.900. The van der Waals surface area contributed by atoms with E-state index in [-0.39, 0.29) is 51.5 Å². The molecule has 5 saturated heterocycles. The van der Waals surface area contributed by atoms with Gasteiger partial charge < -0.3 is 60.5 Å². The fourth-order valence-electron chi connectivity index (χ4n) is 8.00. The number of nitrogens with one attached hydrogen (secondary N) is 1. The summed E-state index contributed by atoms with van der Waals surface area (Å²) < 4.78 is 5.84. The standard InChI is InChI=1S/C12H24NO.2C10H19NO.C6H8O3.C5H9BrO.C5H11N.2BrH/c1-3-13(9-5-4-6-10-13)11-7-8-12(2)14;2*1-10(12)6-5-9-11-7-3-2-4-8-11;1-4(7)5-2-3-9-6(5)8;1-5(7)3-2-4-6;1-2-4-6-5-3-1;;/h3-11H2,1-2H3;2*2-9H2,1H3;5H,2-3H2,1H3;2-4H2,1H3;6H,1-5H2;2*1H/q+1;;;;;;;/p-1. The lowest BCUT2D eigenvalue weighted by molar-refractivity contribution is -0.931. The molecule has 366 valence electrons. The molecule has 5 heterocycles. The Kier molecular flexibility index (Phi) is 46.4. The second-order valence-corrected chi connectivity index (χ2v) is 18.3. The normalized spacial score (nSPS) is 19.3. The highest BCUT2D eigenvalue weighted by Crippen LogP contribution is 2.20. The van der Waals surface area contributed by atoms with E-state index >= 15 is 0 Å². The molecule has 62 heavy (non-hydrogen) atoms. The number of hydrogen-bond acceptors (Lipinski definition) is 10. The predicted octanol–water partition coefficient (Wildman–Crippen LogP) is 6.29. The molecule has 0 aromatic carbocycles. The average molecular weight is 1080 g/mol. The molecule has 0 radical (unpaired) electrons. The number of rotatable bonds is 17. The molecular weight excluding hydrogens is 984 g/mol. The van der Waals surface area contributed by atoms with Gasteiger partial charge in [0.2, 0.25) is 0 Å². The highest BCUT2D eigenvalue weighted by molar-refractivity contribution is 9.09. The van der Waals surface area contributed by atoms with Gasteiger partial charge in [-0.1, -0.05) is 35.2 Å². The molecule has 5 aliphatic heterocycles. The highest BCUT2D eigenvalue weighted by Gasteiger charge is 2.30. The van der Waals surface area contributed by atoms with Gasteiger partial charge in [0.05, 0.1) is 32.8 Å². The summed E-state index contributed by atoms with van der Waals surface area (Å²) in [5.41, 5.74) is 0. The zero-order valence-corrected chi connectivity index (χ0v) is 45.1. The maximum absolute atomic E-state index is 10.9. The van der Waals surface area contributed by atoms with E-state index < -0.39 is 5.92 Å². The van der Waals surface area contributed by atoms with Crippen LogP contribution in [0.3, 0.4) is 0 Å². The van der Waals surface area contributed by atoms with Gasteiger partial charge in [0.15, 0.2) is 0 Å². The number of quaternary nitrogens is 1. The van der Waals surface area contributed by atoms with Crippen LogP contribution in [-0.2, 0) is 33.5 Å². The van der Waals surface area contributed by atoms with Gasteiger partial charge in [0, 0.05) is 43.9 Å². The lowest BCUT2D eigenvalue weighted by Crippen LogP contribution is -3.00. The van der Waals surface area contributed by atoms with Crippen molar-refractivity contribution in [2.24, 2.45) is 5.92 Å². The van der Waals surface area contributed by atoms with E-state index in [0.29, 0.717) is 36.8 Å². The Balaban J connectivity index is -0.000000683. The van der Waals surface area contributed by atoms with Gasteiger partial charge in [-0.05, 0) is 171 Å². The van der Waals surface area contributed by atoms with Crippen LogP contribution in [0.4, 0.5) is 0 Å². The second kappa shape index (κ2) is 44.0. The summed E-state index contributed by atoms with van der Waals surface area (Å²) in [6, 6.07) is 0. The topological polar surface area (TPSA) is 130 Å². The molecule has 0 aromatic heterocycles. The molecule has 11 nitrogen and oxygen atoms in total. The largest absolute Gasteiger partial charge is 1.00 e. The van der Waals surface area contributed by atoms with E-state index in [2.05, 4.69) is 42.7 Å². The SMILES string of the molecule is Br.C1CCNCC1.CC(=O)C1CCOC1=O.CC(=O)CCCBr.CC(=O)CCCN1CCCCC1.CC(=O)CCCN1CCCCC1.CC[N+]1(CCCC(C)=O)CCCCC1.[Br-]. The number of carbonyl (C=O) groups is 6. The van der Waals surface area contributed by atoms with Gasteiger partial charge in [-0.15, -0.1) is 17.0 Å². The molecule has 1 N–H and O–H groups in total. The minimum absolute atomic E-state index is 0. The molecule has 1 atom stereocenters. The van der Waals surface area contributed by atoms with Gasteiger partial charge in [-0.2, -0.15) is 0 Å². The Labute approximate surface area is 408 Å². The quantitative estimate of drug-likeness (QED) is 0.0769. The van der Waals surface area contributed by atoms with Crippen LogP contribution in [0.25, 0.3) is 0 Å². The van der Waals surface area contributed by atoms with Crippen molar-refractivity contribution in [3.8, 4) is 0 Å². The maximum atomic E-state index is 10.9. The zero-order chi connectivity index (χ0) is 44.9. The minimum Gasteiger partial charge on any atom is -1.00 e. The van der Waals surface area contributed by atoms with Gasteiger partial charge in [0.25, 0.3) is 0 Å².